The van der Waals surface area contributed by atoms with Crippen LogP contribution in [0.25, 0.3) is 0 Å². The first-order valence-electron chi connectivity index (χ1n) is 7.81. The molecule has 1 heterocycles. The van der Waals surface area contributed by atoms with E-state index in [-0.39, 0.29) is 12.5 Å². The Kier molecular flexibility index (Phi) is 5.03. The van der Waals surface area contributed by atoms with Gasteiger partial charge in [-0.05, 0) is 24.8 Å². The third kappa shape index (κ3) is 3.70. The molecule has 1 atom stereocenters. The summed E-state index contributed by atoms with van der Waals surface area (Å²) in [5, 5.41) is 5.42. The maximum absolute atomic E-state index is 12.6. The van der Waals surface area contributed by atoms with Gasteiger partial charge in [-0.3, -0.25) is 14.5 Å². The molecule has 4 amide bonds. The number of carbonyl (C=O) groups excluding carboxylic acids is 3. The minimum Gasteiger partial charge on any atom is -0.355 e. The first-order valence-corrected chi connectivity index (χ1v) is 7.81. The SMILES string of the molecule is CC(C)CCNC(=O)CN1C(=O)N[C@@](C)(c2ccccc2)C1=O. The van der Waals surface area contributed by atoms with Crippen molar-refractivity contribution in [3.8, 4) is 0 Å². The molecule has 1 aliphatic rings. The Labute approximate surface area is 136 Å². The van der Waals surface area contributed by atoms with Crippen LogP contribution in [0.1, 0.15) is 32.8 Å². The number of hydrogen-bond donors (Lipinski definition) is 2. The van der Waals surface area contributed by atoms with Crippen LogP contribution in [-0.4, -0.2) is 35.8 Å². The summed E-state index contributed by atoms with van der Waals surface area (Å²) in [6.45, 7) is 6.06. The molecule has 23 heavy (non-hydrogen) atoms. The number of benzene rings is 1. The maximum atomic E-state index is 12.6. The Morgan fingerprint density at radius 2 is 1.91 bits per heavy atom. The van der Waals surface area contributed by atoms with Gasteiger partial charge in [0.25, 0.3) is 5.91 Å². The van der Waals surface area contributed by atoms with Crippen molar-refractivity contribution >= 4 is 17.8 Å². The first kappa shape index (κ1) is 17.0. The molecule has 6 nitrogen and oxygen atoms in total. The molecule has 0 aromatic heterocycles. The average molecular weight is 317 g/mol. The van der Waals surface area contributed by atoms with E-state index in [1.54, 1.807) is 31.2 Å². The molecule has 124 valence electrons. The highest BCUT2D eigenvalue weighted by Crippen LogP contribution is 2.28. The second-order valence-corrected chi connectivity index (χ2v) is 6.34. The van der Waals surface area contributed by atoms with Gasteiger partial charge in [-0.25, -0.2) is 4.79 Å². The molecule has 0 unspecified atom stereocenters. The summed E-state index contributed by atoms with van der Waals surface area (Å²) < 4.78 is 0. The van der Waals surface area contributed by atoms with Crippen LogP contribution < -0.4 is 10.6 Å². The molecule has 1 fully saturated rings. The summed E-state index contributed by atoms with van der Waals surface area (Å²) in [7, 11) is 0. The van der Waals surface area contributed by atoms with E-state index in [0.29, 0.717) is 18.0 Å². The Hall–Kier alpha value is -2.37. The topological polar surface area (TPSA) is 78.5 Å². The molecular formula is C17H23N3O3. The predicted molar refractivity (Wildman–Crippen MR) is 86.5 cm³/mol. The number of carbonyl (C=O) groups is 3. The second-order valence-electron chi connectivity index (χ2n) is 6.34. The van der Waals surface area contributed by atoms with Crippen LogP contribution in [0.2, 0.25) is 0 Å². The number of imide groups is 1. The molecule has 2 N–H and O–H groups in total. The molecule has 1 aliphatic heterocycles. The van der Waals surface area contributed by atoms with Gasteiger partial charge in [0.2, 0.25) is 5.91 Å². The fourth-order valence-electron chi connectivity index (χ4n) is 2.51. The third-order valence-electron chi connectivity index (χ3n) is 3.97. The summed E-state index contributed by atoms with van der Waals surface area (Å²) in [6, 6.07) is 8.48. The molecule has 0 bridgehead atoms. The van der Waals surface area contributed by atoms with Gasteiger partial charge in [-0.2, -0.15) is 0 Å². The van der Waals surface area contributed by atoms with E-state index in [9.17, 15) is 14.4 Å². The molecule has 0 saturated carbocycles. The highest BCUT2D eigenvalue weighted by Gasteiger charge is 2.49. The fraction of sp³-hybridized carbons (Fsp3) is 0.471. The highest BCUT2D eigenvalue weighted by atomic mass is 16.2. The van der Waals surface area contributed by atoms with Crippen molar-refractivity contribution in [2.24, 2.45) is 5.92 Å². The minimum absolute atomic E-state index is 0.259. The lowest BCUT2D eigenvalue weighted by Gasteiger charge is -2.22. The summed E-state index contributed by atoms with van der Waals surface area (Å²) in [6.07, 6.45) is 0.855. The van der Waals surface area contributed by atoms with Crippen molar-refractivity contribution in [1.82, 2.24) is 15.5 Å². The van der Waals surface area contributed by atoms with Gasteiger partial charge in [-0.1, -0.05) is 44.2 Å². The molecule has 1 aromatic rings. The first-order chi connectivity index (χ1) is 10.8. The van der Waals surface area contributed by atoms with Crippen molar-refractivity contribution in [2.45, 2.75) is 32.7 Å². The Balaban J connectivity index is 2.03. The number of urea groups is 1. The normalized spacial score (nSPS) is 20.8. The second kappa shape index (κ2) is 6.81. The summed E-state index contributed by atoms with van der Waals surface area (Å²) in [5.41, 5.74) is -0.433. The van der Waals surface area contributed by atoms with Crippen LogP contribution in [0.5, 0.6) is 0 Å². The van der Waals surface area contributed by atoms with Crippen molar-refractivity contribution in [3.05, 3.63) is 35.9 Å². The largest absolute Gasteiger partial charge is 0.355 e. The van der Waals surface area contributed by atoms with Gasteiger partial charge in [-0.15, -0.1) is 0 Å². The highest BCUT2D eigenvalue weighted by molar-refractivity contribution is 6.09. The average Bonchev–Trinajstić information content (AvgIpc) is 2.72. The molecule has 6 heteroatoms. The van der Waals surface area contributed by atoms with Crippen molar-refractivity contribution in [2.75, 3.05) is 13.1 Å². The quantitative estimate of drug-likeness (QED) is 0.783. The third-order valence-corrected chi connectivity index (χ3v) is 3.97. The van der Waals surface area contributed by atoms with Gasteiger partial charge in [0.15, 0.2) is 0 Å². The van der Waals surface area contributed by atoms with Crippen LogP contribution in [-0.2, 0) is 15.1 Å². The number of hydrogen-bond acceptors (Lipinski definition) is 3. The smallest absolute Gasteiger partial charge is 0.325 e. The predicted octanol–water partition coefficient (Wildman–Crippen LogP) is 1.62. The summed E-state index contributed by atoms with van der Waals surface area (Å²) in [5.74, 6) is -0.257. The van der Waals surface area contributed by atoms with E-state index in [0.717, 1.165) is 11.3 Å². The van der Waals surface area contributed by atoms with E-state index in [4.69, 9.17) is 0 Å². The standard InChI is InChI=1S/C17H23N3O3/c1-12(2)9-10-18-14(21)11-20-15(22)17(3,19-16(20)23)13-7-5-4-6-8-13/h4-8,12H,9-11H2,1-3H3,(H,18,21)(H,19,23)/t17-/m0/s1. The summed E-state index contributed by atoms with van der Waals surface area (Å²) in [4.78, 5) is 37.6. The zero-order valence-corrected chi connectivity index (χ0v) is 13.8. The van der Waals surface area contributed by atoms with E-state index in [2.05, 4.69) is 24.5 Å². The van der Waals surface area contributed by atoms with Crippen LogP contribution in [0.4, 0.5) is 4.79 Å². The van der Waals surface area contributed by atoms with Gasteiger partial charge in [0, 0.05) is 6.54 Å². The lowest BCUT2D eigenvalue weighted by Crippen LogP contribution is -2.43. The lowest BCUT2D eigenvalue weighted by atomic mass is 9.92. The summed E-state index contributed by atoms with van der Waals surface area (Å²) >= 11 is 0. The van der Waals surface area contributed by atoms with Gasteiger partial charge < -0.3 is 10.6 Å². The van der Waals surface area contributed by atoms with Crippen LogP contribution in [0.3, 0.4) is 0 Å². The number of rotatable bonds is 6. The van der Waals surface area contributed by atoms with Crippen LogP contribution in [0, 0.1) is 5.92 Å². The number of nitrogens with zero attached hydrogens (tertiary/aromatic N) is 1. The molecule has 1 saturated heterocycles. The van der Waals surface area contributed by atoms with Crippen LogP contribution >= 0.6 is 0 Å². The Bertz CT molecular complexity index is 600. The number of amides is 4. The van der Waals surface area contributed by atoms with Gasteiger partial charge in [0.05, 0.1) is 0 Å². The molecule has 0 aliphatic carbocycles. The molecule has 0 radical (unpaired) electrons. The lowest BCUT2D eigenvalue weighted by molar-refractivity contribution is -0.134. The van der Waals surface area contributed by atoms with Crippen molar-refractivity contribution < 1.29 is 14.4 Å². The zero-order chi connectivity index (χ0) is 17.0. The van der Waals surface area contributed by atoms with E-state index in [1.165, 1.54) is 0 Å². The molecular weight excluding hydrogens is 294 g/mol. The van der Waals surface area contributed by atoms with Gasteiger partial charge in [0.1, 0.15) is 12.1 Å². The fourth-order valence-corrected chi connectivity index (χ4v) is 2.51. The maximum Gasteiger partial charge on any atom is 0.325 e. The van der Waals surface area contributed by atoms with E-state index >= 15 is 0 Å². The molecule has 2 rings (SSSR count). The van der Waals surface area contributed by atoms with E-state index < -0.39 is 17.5 Å². The van der Waals surface area contributed by atoms with Crippen LogP contribution in [0.15, 0.2) is 30.3 Å². The zero-order valence-electron chi connectivity index (χ0n) is 13.8. The molecule has 1 aromatic carbocycles. The van der Waals surface area contributed by atoms with E-state index in [1.807, 2.05) is 6.07 Å². The minimum atomic E-state index is -1.13. The number of nitrogens with one attached hydrogen (secondary N) is 2. The van der Waals surface area contributed by atoms with Gasteiger partial charge >= 0.3 is 6.03 Å². The van der Waals surface area contributed by atoms with Crippen molar-refractivity contribution in [1.29, 1.82) is 0 Å². The Morgan fingerprint density at radius 1 is 1.26 bits per heavy atom. The Morgan fingerprint density at radius 3 is 2.52 bits per heavy atom. The molecule has 0 spiro atoms. The monoisotopic (exact) mass is 317 g/mol. The van der Waals surface area contributed by atoms with Crippen molar-refractivity contribution in [3.63, 3.8) is 0 Å².